The van der Waals surface area contributed by atoms with Gasteiger partial charge in [0.2, 0.25) is 17.7 Å². The highest BCUT2D eigenvalue weighted by Gasteiger charge is 2.75. The molecule has 0 aromatic rings. The van der Waals surface area contributed by atoms with Crippen molar-refractivity contribution < 1.29 is 24.2 Å². The molecule has 8 nitrogen and oxygen atoms in total. The second-order valence-electron chi connectivity index (χ2n) is 11.3. The van der Waals surface area contributed by atoms with Crippen LogP contribution >= 0.6 is 0 Å². The third-order valence-corrected chi connectivity index (χ3v) is 9.24. The third-order valence-electron chi connectivity index (χ3n) is 9.24. The molecule has 36 heavy (non-hydrogen) atoms. The lowest BCUT2D eigenvalue weighted by Gasteiger charge is -2.42. The fraction of sp³-hybridized carbons (Fsp3) is 0.750. The van der Waals surface area contributed by atoms with Crippen molar-refractivity contribution in [2.45, 2.75) is 95.0 Å². The van der Waals surface area contributed by atoms with Crippen LogP contribution in [0.1, 0.15) is 65.7 Å². The topological polar surface area (TPSA) is 90.4 Å². The van der Waals surface area contributed by atoms with Gasteiger partial charge in [-0.05, 0) is 32.6 Å². The van der Waals surface area contributed by atoms with Gasteiger partial charge in [0.05, 0.1) is 30.1 Å². The average Bonchev–Trinajstić information content (AvgIpc) is 3.19. The van der Waals surface area contributed by atoms with E-state index in [1.165, 1.54) is 6.42 Å². The number of rotatable bonds is 6. The SMILES string of the molecule is CCCN1CC=C[C@]2(CC)O[C@]34C=CCN(C5CCCCC5)C(=O)C3N([C@H](C)CO)C(=O)[C@@H]4[C@@H]2C1=O. The number of hydrogen-bond acceptors (Lipinski definition) is 5. The van der Waals surface area contributed by atoms with Crippen molar-refractivity contribution in [3.8, 4) is 0 Å². The van der Waals surface area contributed by atoms with Gasteiger partial charge in [-0.2, -0.15) is 0 Å². The third kappa shape index (κ3) is 3.58. The molecule has 1 N–H and O–H groups in total. The summed E-state index contributed by atoms with van der Waals surface area (Å²) in [7, 11) is 0. The van der Waals surface area contributed by atoms with Crippen LogP contribution in [-0.2, 0) is 19.1 Å². The molecule has 198 valence electrons. The maximum atomic E-state index is 14.4. The Bertz CT molecular complexity index is 959. The molecule has 0 aromatic carbocycles. The predicted molar refractivity (Wildman–Crippen MR) is 135 cm³/mol. The summed E-state index contributed by atoms with van der Waals surface area (Å²) in [5, 5.41) is 10.1. The Morgan fingerprint density at radius 3 is 2.39 bits per heavy atom. The highest BCUT2D eigenvalue weighted by molar-refractivity contribution is 6.00. The maximum Gasteiger partial charge on any atom is 0.249 e. The summed E-state index contributed by atoms with van der Waals surface area (Å²) < 4.78 is 6.96. The largest absolute Gasteiger partial charge is 0.394 e. The minimum Gasteiger partial charge on any atom is -0.394 e. The first-order chi connectivity index (χ1) is 17.3. The molecule has 0 bridgehead atoms. The van der Waals surface area contributed by atoms with Gasteiger partial charge >= 0.3 is 0 Å². The highest BCUT2D eigenvalue weighted by Crippen LogP contribution is 2.59. The zero-order chi connectivity index (χ0) is 25.7. The molecule has 3 amide bonds. The molecule has 1 aliphatic carbocycles. The van der Waals surface area contributed by atoms with Crippen LogP contribution in [0.15, 0.2) is 24.3 Å². The Hall–Kier alpha value is -2.19. The van der Waals surface area contributed by atoms with E-state index < -0.39 is 35.1 Å². The fourth-order valence-electron chi connectivity index (χ4n) is 7.52. The molecule has 2 saturated heterocycles. The van der Waals surface area contributed by atoms with E-state index in [-0.39, 0.29) is 30.4 Å². The van der Waals surface area contributed by atoms with Crippen LogP contribution in [0.4, 0.5) is 0 Å². The first-order valence-corrected chi connectivity index (χ1v) is 13.9. The number of carbonyl (C=O) groups excluding carboxylic acids is 3. The molecule has 6 atom stereocenters. The van der Waals surface area contributed by atoms with Crippen LogP contribution in [0.2, 0.25) is 0 Å². The van der Waals surface area contributed by atoms with E-state index in [9.17, 15) is 19.5 Å². The summed E-state index contributed by atoms with van der Waals surface area (Å²) in [5.74, 6) is -1.97. The highest BCUT2D eigenvalue weighted by atomic mass is 16.5. The molecule has 0 aromatic heterocycles. The molecular weight excluding hydrogens is 458 g/mol. The Balaban J connectivity index is 1.64. The van der Waals surface area contributed by atoms with Gasteiger partial charge in [-0.1, -0.05) is 57.4 Å². The van der Waals surface area contributed by atoms with Crippen molar-refractivity contribution in [3.05, 3.63) is 24.3 Å². The molecule has 3 fully saturated rings. The van der Waals surface area contributed by atoms with E-state index in [2.05, 4.69) is 0 Å². The Labute approximate surface area is 214 Å². The van der Waals surface area contributed by atoms with E-state index in [1.54, 1.807) is 11.8 Å². The summed E-state index contributed by atoms with van der Waals surface area (Å²) in [6.45, 7) is 7.11. The van der Waals surface area contributed by atoms with Crippen molar-refractivity contribution in [2.24, 2.45) is 11.8 Å². The maximum absolute atomic E-state index is 14.4. The van der Waals surface area contributed by atoms with Gasteiger partial charge in [-0.25, -0.2) is 0 Å². The smallest absolute Gasteiger partial charge is 0.249 e. The zero-order valence-electron chi connectivity index (χ0n) is 21.9. The molecule has 1 spiro atoms. The van der Waals surface area contributed by atoms with Gasteiger partial charge < -0.3 is 24.5 Å². The number of nitrogens with zero attached hydrogens (tertiary/aromatic N) is 3. The van der Waals surface area contributed by atoms with Crippen LogP contribution < -0.4 is 0 Å². The van der Waals surface area contributed by atoms with Crippen LogP contribution in [-0.4, -0.2) is 93.1 Å². The van der Waals surface area contributed by atoms with Gasteiger partial charge in [-0.3, -0.25) is 14.4 Å². The lowest BCUT2D eigenvalue weighted by molar-refractivity contribution is -0.158. The lowest BCUT2D eigenvalue weighted by atomic mass is 9.73. The van der Waals surface area contributed by atoms with E-state index >= 15 is 0 Å². The first-order valence-electron chi connectivity index (χ1n) is 13.9. The number of hydrogen-bond donors (Lipinski definition) is 1. The first kappa shape index (κ1) is 25.5. The number of aliphatic hydroxyl groups is 1. The fourth-order valence-corrected chi connectivity index (χ4v) is 7.52. The normalized spacial score (nSPS) is 37.6. The van der Waals surface area contributed by atoms with E-state index in [1.807, 2.05) is 48.0 Å². The quantitative estimate of drug-likeness (QED) is 0.567. The van der Waals surface area contributed by atoms with Crippen molar-refractivity contribution in [1.82, 2.24) is 14.7 Å². The molecule has 0 radical (unpaired) electrons. The second-order valence-corrected chi connectivity index (χ2v) is 11.3. The summed E-state index contributed by atoms with van der Waals surface area (Å²) in [6, 6.07) is -1.31. The van der Waals surface area contributed by atoms with E-state index in [0.717, 1.165) is 32.1 Å². The lowest BCUT2D eigenvalue weighted by Crippen LogP contribution is -2.59. The minimum atomic E-state index is -1.24. The summed E-state index contributed by atoms with van der Waals surface area (Å²) in [4.78, 5) is 48.0. The van der Waals surface area contributed by atoms with Crippen LogP contribution in [0, 0.1) is 11.8 Å². The van der Waals surface area contributed by atoms with E-state index in [4.69, 9.17) is 4.74 Å². The van der Waals surface area contributed by atoms with Crippen molar-refractivity contribution in [2.75, 3.05) is 26.2 Å². The van der Waals surface area contributed by atoms with Crippen LogP contribution in [0.3, 0.4) is 0 Å². The molecule has 5 rings (SSSR count). The van der Waals surface area contributed by atoms with Crippen molar-refractivity contribution in [1.29, 1.82) is 0 Å². The predicted octanol–water partition coefficient (Wildman–Crippen LogP) is 2.27. The Kier molecular flexibility index (Phi) is 6.79. The number of likely N-dealkylation sites (tertiary alicyclic amines) is 1. The van der Waals surface area contributed by atoms with Gasteiger partial charge in [0.1, 0.15) is 11.6 Å². The molecule has 8 heteroatoms. The van der Waals surface area contributed by atoms with Crippen molar-refractivity contribution >= 4 is 17.7 Å². The zero-order valence-corrected chi connectivity index (χ0v) is 21.9. The van der Waals surface area contributed by atoms with Gasteiger partial charge in [0.15, 0.2) is 0 Å². The van der Waals surface area contributed by atoms with Gasteiger partial charge in [0.25, 0.3) is 0 Å². The number of amides is 3. The Morgan fingerprint density at radius 2 is 1.72 bits per heavy atom. The number of carbonyl (C=O) groups is 3. The molecular formula is C28H41N3O5. The summed E-state index contributed by atoms with van der Waals surface area (Å²) in [5.41, 5.74) is -2.19. The summed E-state index contributed by atoms with van der Waals surface area (Å²) in [6.07, 6.45) is 14.5. The summed E-state index contributed by atoms with van der Waals surface area (Å²) >= 11 is 0. The Morgan fingerprint density at radius 1 is 1.00 bits per heavy atom. The molecule has 1 saturated carbocycles. The molecule has 5 aliphatic rings. The number of fused-ring (bicyclic) bond motifs is 2. The monoisotopic (exact) mass is 499 g/mol. The van der Waals surface area contributed by atoms with Crippen LogP contribution in [0.25, 0.3) is 0 Å². The van der Waals surface area contributed by atoms with Gasteiger partial charge in [-0.15, -0.1) is 0 Å². The minimum absolute atomic E-state index is 0.0783. The number of ether oxygens (including phenoxy) is 1. The second kappa shape index (κ2) is 9.60. The standard InChI is InChI=1S/C28H41N3O5/c1-4-15-29-16-9-13-27(5-2)21(24(29)33)22-25(34)31(19(3)18-32)23-26(35)30(20-11-7-6-8-12-20)17-10-14-28(22,23)36-27/h9-10,13-14,19-23,32H,4-8,11-12,15-18H2,1-3H3/t19-,21-,22+,23?,27+,28+/m1/s1. The molecule has 4 aliphatic heterocycles. The molecule has 1 unspecified atom stereocenters. The average molecular weight is 500 g/mol. The van der Waals surface area contributed by atoms with E-state index in [0.29, 0.717) is 26.1 Å². The number of aliphatic hydroxyl groups excluding tert-OH is 1. The van der Waals surface area contributed by atoms with Crippen molar-refractivity contribution in [3.63, 3.8) is 0 Å². The molecule has 4 heterocycles. The van der Waals surface area contributed by atoms with Crippen LogP contribution in [0.5, 0.6) is 0 Å². The van der Waals surface area contributed by atoms with Gasteiger partial charge in [0, 0.05) is 25.7 Å².